The van der Waals surface area contributed by atoms with Crippen LogP contribution in [0.1, 0.15) is 18.5 Å². The number of aromatic nitrogens is 1. The monoisotopic (exact) mass is 198 g/mol. The molecule has 1 fully saturated rings. The van der Waals surface area contributed by atoms with Crippen molar-refractivity contribution in [3.8, 4) is 0 Å². The zero-order chi connectivity index (χ0) is 10.2. The molecule has 0 bridgehead atoms. The second kappa shape index (κ2) is 3.28. The van der Waals surface area contributed by atoms with Gasteiger partial charge in [-0.15, -0.1) is 0 Å². The fourth-order valence-corrected chi connectivity index (χ4v) is 1.95. The van der Waals surface area contributed by atoms with Crippen LogP contribution in [0.5, 0.6) is 0 Å². The van der Waals surface area contributed by atoms with Crippen molar-refractivity contribution in [1.82, 2.24) is 10.3 Å². The van der Waals surface area contributed by atoms with Crippen LogP contribution in [0.2, 0.25) is 0 Å². The molecule has 4 heteroatoms. The molecule has 2 rings (SSSR count). The lowest BCUT2D eigenvalue weighted by Gasteiger charge is -2.43. The van der Waals surface area contributed by atoms with Crippen LogP contribution in [-0.4, -0.2) is 18.2 Å². The molecule has 0 amide bonds. The Hall–Kier alpha value is -1.03. The summed E-state index contributed by atoms with van der Waals surface area (Å²) < 4.78 is 26.2. The van der Waals surface area contributed by atoms with E-state index >= 15 is 0 Å². The summed E-state index contributed by atoms with van der Waals surface area (Å²) in [6.45, 7) is 0. The summed E-state index contributed by atoms with van der Waals surface area (Å²) in [5.41, 5.74) is -0.262. The lowest BCUT2D eigenvalue weighted by molar-refractivity contribution is 0.0651. The smallest absolute Gasteiger partial charge is 0.146 e. The predicted molar refractivity (Wildman–Crippen MR) is 49.1 cm³/mol. The summed E-state index contributed by atoms with van der Waals surface area (Å²) in [4.78, 5) is 3.97. The summed E-state index contributed by atoms with van der Waals surface area (Å²) in [6, 6.07) is 2.89. The van der Waals surface area contributed by atoms with Gasteiger partial charge in [-0.2, -0.15) is 0 Å². The van der Waals surface area contributed by atoms with Gasteiger partial charge >= 0.3 is 0 Å². The maximum absolute atomic E-state index is 13.4. The fourth-order valence-electron chi connectivity index (χ4n) is 1.95. The van der Waals surface area contributed by atoms with Crippen molar-refractivity contribution in [1.29, 1.82) is 0 Å². The van der Waals surface area contributed by atoms with Gasteiger partial charge < -0.3 is 5.32 Å². The molecule has 0 aliphatic heterocycles. The van der Waals surface area contributed by atoms with E-state index in [-0.39, 0.29) is 5.82 Å². The van der Waals surface area contributed by atoms with Crippen molar-refractivity contribution >= 4 is 0 Å². The van der Waals surface area contributed by atoms with Crippen LogP contribution in [-0.2, 0) is 5.54 Å². The summed E-state index contributed by atoms with van der Waals surface area (Å²) in [6.07, 6.45) is 1.29. The molecule has 0 unspecified atom stereocenters. The van der Waals surface area contributed by atoms with Crippen molar-refractivity contribution in [2.24, 2.45) is 0 Å². The number of pyridine rings is 1. The van der Waals surface area contributed by atoms with Crippen LogP contribution in [0.3, 0.4) is 0 Å². The molecule has 14 heavy (non-hydrogen) atoms. The second-order valence-electron chi connectivity index (χ2n) is 3.67. The molecule has 1 heterocycles. The maximum atomic E-state index is 13.4. The molecule has 1 saturated carbocycles. The molecule has 1 aliphatic carbocycles. The molecule has 0 spiro atoms. The van der Waals surface area contributed by atoms with Gasteiger partial charge in [-0.25, -0.2) is 8.78 Å². The highest BCUT2D eigenvalue weighted by molar-refractivity contribution is 5.22. The number of nitrogens with one attached hydrogen (secondary N) is 1. The van der Waals surface area contributed by atoms with Gasteiger partial charge in [-0.1, -0.05) is 0 Å². The standard InChI is InChI=1S/C10H12F2N2/c1-13-10(5-7(11)6-10)9-8(12)3-2-4-14-9/h2-4,7,13H,5-6H2,1H3/t7-,10-. The van der Waals surface area contributed by atoms with E-state index in [9.17, 15) is 8.78 Å². The summed E-state index contributed by atoms with van der Waals surface area (Å²) in [7, 11) is 1.71. The fraction of sp³-hybridized carbons (Fsp3) is 0.500. The molecule has 1 aromatic rings. The molecule has 0 atom stereocenters. The van der Waals surface area contributed by atoms with E-state index < -0.39 is 11.7 Å². The van der Waals surface area contributed by atoms with Gasteiger partial charge in [0.1, 0.15) is 12.0 Å². The number of hydrogen-bond acceptors (Lipinski definition) is 2. The van der Waals surface area contributed by atoms with E-state index in [1.807, 2.05) is 0 Å². The highest BCUT2D eigenvalue weighted by atomic mass is 19.1. The third-order valence-electron chi connectivity index (χ3n) is 2.83. The van der Waals surface area contributed by atoms with Crippen LogP contribution in [0.25, 0.3) is 0 Å². The summed E-state index contributed by atoms with van der Waals surface area (Å²) in [5.74, 6) is -0.367. The number of nitrogens with zero attached hydrogens (tertiary/aromatic N) is 1. The van der Waals surface area contributed by atoms with E-state index in [4.69, 9.17) is 0 Å². The Labute approximate surface area is 81.4 Å². The largest absolute Gasteiger partial charge is 0.309 e. The van der Waals surface area contributed by atoms with E-state index in [0.717, 1.165) is 0 Å². The molecule has 0 saturated heterocycles. The summed E-state index contributed by atoms with van der Waals surface area (Å²) in [5, 5.41) is 2.96. The number of rotatable bonds is 2. The first kappa shape index (κ1) is 9.52. The van der Waals surface area contributed by atoms with Crippen molar-refractivity contribution < 1.29 is 8.78 Å². The molecule has 76 valence electrons. The molecule has 0 radical (unpaired) electrons. The van der Waals surface area contributed by atoms with E-state index in [1.165, 1.54) is 18.3 Å². The third kappa shape index (κ3) is 1.30. The van der Waals surface area contributed by atoms with Crippen molar-refractivity contribution in [2.45, 2.75) is 24.6 Å². The Morgan fingerprint density at radius 2 is 2.29 bits per heavy atom. The SMILES string of the molecule is CN[C@]1(c2ncccc2F)C[C@@H](F)C1. The normalized spacial score (nSPS) is 31.2. The molecular formula is C10H12F2N2. The van der Waals surface area contributed by atoms with Crippen molar-refractivity contribution in [2.75, 3.05) is 7.05 Å². The number of alkyl halides is 1. The lowest BCUT2D eigenvalue weighted by Crippen LogP contribution is -2.53. The first-order valence-electron chi connectivity index (χ1n) is 4.62. The molecule has 1 N–H and O–H groups in total. The van der Waals surface area contributed by atoms with Crippen LogP contribution in [0.15, 0.2) is 18.3 Å². The van der Waals surface area contributed by atoms with Crippen molar-refractivity contribution in [3.63, 3.8) is 0 Å². The van der Waals surface area contributed by atoms with Gasteiger partial charge in [-0.3, -0.25) is 4.98 Å². The van der Waals surface area contributed by atoms with Gasteiger partial charge in [0.05, 0.1) is 11.2 Å². The van der Waals surface area contributed by atoms with Crippen LogP contribution < -0.4 is 5.32 Å². The number of halogens is 2. The zero-order valence-corrected chi connectivity index (χ0v) is 7.93. The highest BCUT2D eigenvalue weighted by Crippen LogP contribution is 2.42. The first-order valence-corrected chi connectivity index (χ1v) is 4.62. The van der Waals surface area contributed by atoms with Crippen molar-refractivity contribution in [3.05, 3.63) is 29.8 Å². The van der Waals surface area contributed by atoms with Gasteiger partial charge in [0.2, 0.25) is 0 Å². The van der Waals surface area contributed by atoms with Gasteiger partial charge in [-0.05, 0) is 19.2 Å². The average Bonchev–Trinajstić information content (AvgIpc) is 2.14. The lowest BCUT2D eigenvalue weighted by atomic mass is 9.72. The Morgan fingerprint density at radius 3 is 2.79 bits per heavy atom. The topological polar surface area (TPSA) is 24.9 Å². The molecule has 2 nitrogen and oxygen atoms in total. The third-order valence-corrected chi connectivity index (χ3v) is 2.83. The molecule has 1 aliphatic rings. The van der Waals surface area contributed by atoms with E-state index in [0.29, 0.717) is 18.5 Å². The minimum Gasteiger partial charge on any atom is -0.309 e. The van der Waals surface area contributed by atoms with Crippen LogP contribution in [0.4, 0.5) is 8.78 Å². The van der Waals surface area contributed by atoms with Crippen LogP contribution in [0, 0.1) is 5.82 Å². The molecule has 1 aromatic heterocycles. The average molecular weight is 198 g/mol. The minimum atomic E-state index is -0.844. The zero-order valence-electron chi connectivity index (χ0n) is 7.93. The van der Waals surface area contributed by atoms with E-state index in [1.54, 1.807) is 7.05 Å². The van der Waals surface area contributed by atoms with Gasteiger partial charge in [0.25, 0.3) is 0 Å². The maximum Gasteiger partial charge on any atom is 0.146 e. The quantitative estimate of drug-likeness (QED) is 0.783. The van der Waals surface area contributed by atoms with Gasteiger partial charge in [0.15, 0.2) is 0 Å². The second-order valence-corrected chi connectivity index (χ2v) is 3.67. The Balaban J connectivity index is 2.34. The molecule has 0 aromatic carbocycles. The first-order chi connectivity index (χ1) is 6.68. The minimum absolute atomic E-state index is 0.303. The summed E-state index contributed by atoms with van der Waals surface area (Å²) >= 11 is 0. The van der Waals surface area contributed by atoms with Gasteiger partial charge in [0, 0.05) is 19.0 Å². The Bertz CT molecular complexity index is 335. The highest BCUT2D eigenvalue weighted by Gasteiger charge is 2.47. The molecular weight excluding hydrogens is 186 g/mol. The van der Waals surface area contributed by atoms with Crippen LogP contribution >= 0.6 is 0 Å². The predicted octanol–water partition coefficient (Wildman–Crippen LogP) is 1.77. The Morgan fingerprint density at radius 1 is 1.57 bits per heavy atom. The van der Waals surface area contributed by atoms with E-state index in [2.05, 4.69) is 10.3 Å². The number of hydrogen-bond donors (Lipinski definition) is 1. The Kier molecular flexibility index (Phi) is 2.23.